The van der Waals surface area contributed by atoms with Crippen molar-refractivity contribution in [2.45, 2.75) is 51.4 Å². The molecule has 0 saturated carbocycles. The van der Waals surface area contributed by atoms with Crippen LogP contribution in [0.25, 0.3) is 0 Å². The number of nitrogens with zero attached hydrogens (tertiary/aromatic N) is 3. The molecule has 11 heteroatoms. The summed E-state index contributed by atoms with van der Waals surface area (Å²) in [6, 6.07) is 6.31. The Balaban J connectivity index is 1.77. The number of rotatable bonds is 8. The van der Waals surface area contributed by atoms with Crippen LogP contribution in [0.3, 0.4) is 0 Å². The monoisotopic (exact) mass is 435 g/mol. The van der Waals surface area contributed by atoms with E-state index in [1.807, 2.05) is 0 Å². The normalized spacial score (nSPS) is 21.9. The molecule has 1 aliphatic heterocycles. The summed E-state index contributed by atoms with van der Waals surface area (Å²) in [6.45, 7) is 2.61. The number of hydrogen-bond donors (Lipinski definition) is 2. The first-order chi connectivity index (χ1) is 14.7. The molecular weight excluding hydrogens is 410 g/mol. The van der Waals surface area contributed by atoms with Gasteiger partial charge >= 0.3 is 5.69 Å². The summed E-state index contributed by atoms with van der Waals surface area (Å²) in [5.74, 6) is -0.344. The van der Waals surface area contributed by atoms with Crippen LogP contribution in [-0.4, -0.2) is 49.7 Å². The second-order valence-electron chi connectivity index (χ2n) is 7.57. The minimum atomic E-state index is -0.929. The summed E-state index contributed by atoms with van der Waals surface area (Å²) >= 11 is 0. The molecule has 1 aromatic carbocycles. The molecule has 31 heavy (non-hydrogen) atoms. The van der Waals surface area contributed by atoms with E-state index in [9.17, 15) is 29.9 Å². The molecular formula is C20H25N3O8. The number of aryl methyl sites for hydroxylation is 1. The lowest BCUT2D eigenvalue weighted by Crippen LogP contribution is -2.42. The fourth-order valence-electron chi connectivity index (χ4n) is 3.61. The molecule has 0 spiro atoms. The van der Waals surface area contributed by atoms with E-state index in [4.69, 9.17) is 9.47 Å². The minimum Gasteiger partial charge on any atom is -0.394 e. The van der Waals surface area contributed by atoms with Crippen LogP contribution in [0.5, 0.6) is 0 Å². The largest absolute Gasteiger partial charge is 0.394 e. The average Bonchev–Trinajstić information content (AvgIpc) is 3.13. The molecule has 0 aliphatic carbocycles. The number of hydrogen-bond acceptors (Lipinski definition) is 8. The Morgan fingerprint density at radius 3 is 2.71 bits per heavy atom. The number of nitro groups is 1. The van der Waals surface area contributed by atoms with Crippen LogP contribution in [0.4, 0.5) is 5.69 Å². The molecule has 2 heterocycles. The van der Waals surface area contributed by atoms with Crippen LogP contribution >= 0.6 is 0 Å². The van der Waals surface area contributed by atoms with Crippen LogP contribution in [0.1, 0.15) is 36.6 Å². The Morgan fingerprint density at radius 1 is 1.35 bits per heavy atom. The predicted octanol–water partition coefficient (Wildman–Crippen LogP) is 0.645. The minimum absolute atomic E-state index is 0.0240. The lowest BCUT2D eigenvalue weighted by molar-refractivity contribution is -0.385. The van der Waals surface area contributed by atoms with Crippen LogP contribution in [0.2, 0.25) is 0 Å². The molecule has 2 N–H and O–H groups in total. The van der Waals surface area contributed by atoms with Gasteiger partial charge < -0.3 is 19.7 Å². The van der Waals surface area contributed by atoms with E-state index in [2.05, 4.69) is 0 Å². The number of aliphatic hydroxyl groups excluding tert-OH is 2. The van der Waals surface area contributed by atoms with E-state index in [0.29, 0.717) is 5.56 Å². The number of ether oxygens (including phenoxy) is 2. The van der Waals surface area contributed by atoms with Gasteiger partial charge in [0.15, 0.2) is 0 Å². The zero-order valence-corrected chi connectivity index (χ0v) is 17.2. The Hall–Kier alpha value is -2.86. The van der Waals surface area contributed by atoms with Gasteiger partial charge in [0.2, 0.25) is 0 Å². The first-order valence-electron chi connectivity index (χ1n) is 9.82. The molecule has 4 atom stereocenters. The number of nitro benzene ring substituents is 1. The van der Waals surface area contributed by atoms with E-state index in [-0.39, 0.29) is 36.9 Å². The van der Waals surface area contributed by atoms with E-state index >= 15 is 0 Å². The third-order valence-electron chi connectivity index (χ3n) is 5.31. The van der Waals surface area contributed by atoms with Crippen molar-refractivity contribution >= 4 is 5.69 Å². The Labute approximate surface area is 177 Å². The van der Waals surface area contributed by atoms with Crippen LogP contribution in [-0.2, 0) is 16.2 Å². The molecule has 0 radical (unpaired) electrons. The molecule has 0 amide bonds. The molecule has 168 valence electrons. The topological polar surface area (TPSA) is 146 Å². The van der Waals surface area contributed by atoms with Crippen molar-refractivity contribution < 1.29 is 24.6 Å². The molecule has 1 aromatic heterocycles. The third-order valence-corrected chi connectivity index (χ3v) is 5.31. The lowest BCUT2D eigenvalue weighted by atomic mass is 10.0. The van der Waals surface area contributed by atoms with Gasteiger partial charge in [-0.1, -0.05) is 25.1 Å². The summed E-state index contributed by atoms with van der Waals surface area (Å²) in [7, 11) is 0. The Kier molecular flexibility index (Phi) is 7.01. The summed E-state index contributed by atoms with van der Waals surface area (Å²) in [5, 5.41) is 30.4. The fourth-order valence-corrected chi connectivity index (χ4v) is 3.61. The number of para-hydroxylation sites is 1. The van der Waals surface area contributed by atoms with Crippen molar-refractivity contribution in [3.8, 4) is 0 Å². The molecule has 2 aromatic rings. The van der Waals surface area contributed by atoms with E-state index < -0.39 is 41.2 Å². The zero-order chi connectivity index (χ0) is 22.7. The summed E-state index contributed by atoms with van der Waals surface area (Å²) in [5.41, 5.74) is -0.462. The third kappa shape index (κ3) is 4.74. The first kappa shape index (κ1) is 22.8. The maximum absolute atomic E-state index is 12.9. The Bertz CT molecular complexity index is 1060. The quantitative estimate of drug-likeness (QED) is 0.454. The predicted molar refractivity (Wildman–Crippen MR) is 109 cm³/mol. The average molecular weight is 435 g/mol. The van der Waals surface area contributed by atoms with Crippen molar-refractivity contribution in [3.63, 3.8) is 0 Å². The van der Waals surface area contributed by atoms with Gasteiger partial charge in [0.25, 0.3) is 11.2 Å². The maximum Gasteiger partial charge on any atom is 0.335 e. The zero-order valence-electron chi connectivity index (χ0n) is 17.2. The van der Waals surface area contributed by atoms with Gasteiger partial charge in [0.05, 0.1) is 24.2 Å². The van der Waals surface area contributed by atoms with Crippen molar-refractivity contribution in [1.29, 1.82) is 0 Å². The van der Waals surface area contributed by atoms with Crippen molar-refractivity contribution in [2.75, 3.05) is 13.2 Å². The Morgan fingerprint density at radius 2 is 2.06 bits per heavy atom. The lowest BCUT2D eigenvalue weighted by Gasteiger charge is -2.18. The van der Waals surface area contributed by atoms with Crippen molar-refractivity contribution in [1.82, 2.24) is 9.13 Å². The highest BCUT2D eigenvalue weighted by molar-refractivity contribution is 5.42. The van der Waals surface area contributed by atoms with Crippen LogP contribution in [0, 0.1) is 17.0 Å². The molecule has 3 rings (SSSR count). The molecule has 11 nitrogen and oxygen atoms in total. The molecule has 2 unspecified atom stereocenters. The number of benzene rings is 1. The summed E-state index contributed by atoms with van der Waals surface area (Å²) in [6.07, 6.45) is -1.11. The van der Waals surface area contributed by atoms with Gasteiger partial charge in [-0.15, -0.1) is 0 Å². The number of aliphatic hydroxyl groups is 2. The smallest absolute Gasteiger partial charge is 0.335 e. The maximum atomic E-state index is 12.9. The van der Waals surface area contributed by atoms with Gasteiger partial charge in [-0.25, -0.2) is 9.36 Å². The second kappa shape index (κ2) is 9.52. The van der Waals surface area contributed by atoms with Crippen LogP contribution in [0.15, 0.2) is 40.1 Å². The SMILES string of the molecule is Cc1cn([C@H]2CC(O)[C@@H](CO)O2)c(=O)n(COCC(C)c2ccccc2[N+](=O)[O-])c1=O. The molecule has 0 bridgehead atoms. The number of aromatic nitrogens is 2. The molecule has 1 fully saturated rings. The van der Waals surface area contributed by atoms with Crippen molar-refractivity contribution in [2.24, 2.45) is 0 Å². The van der Waals surface area contributed by atoms with Gasteiger partial charge in [-0.3, -0.25) is 19.5 Å². The second-order valence-corrected chi connectivity index (χ2v) is 7.57. The molecule has 1 saturated heterocycles. The van der Waals surface area contributed by atoms with E-state index in [1.54, 1.807) is 32.0 Å². The van der Waals surface area contributed by atoms with Gasteiger partial charge in [-0.2, -0.15) is 0 Å². The highest BCUT2D eigenvalue weighted by Crippen LogP contribution is 2.28. The highest BCUT2D eigenvalue weighted by Gasteiger charge is 2.35. The highest BCUT2D eigenvalue weighted by atomic mass is 16.6. The standard InChI is InChI=1S/C20H25N3O8/c1-12-8-21(18-7-16(25)17(9-24)31-18)20(27)22(19(12)26)11-30-10-13(2)14-5-3-4-6-15(14)23(28)29/h3-6,8,13,16-18,24-25H,7,9-11H2,1-2H3/t13?,16?,17-,18-/m1/s1. The van der Waals surface area contributed by atoms with Crippen molar-refractivity contribution in [3.05, 3.63) is 72.5 Å². The molecule has 1 aliphatic rings. The van der Waals surface area contributed by atoms with Gasteiger partial charge in [0, 0.05) is 35.7 Å². The summed E-state index contributed by atoms with van der Waals surface area (Å²) < 4.78 is 13.2. The first-order valence-corrected chi connectivity index (χ1v) is 9.82. The fraction of sp³-hybridized carbons (Fsp3) is 0.500. The van der Waals surface area contributed by atoms with Gasteiger partial charge in [-0.05, 0) is 6.92 Å². The summed E-state index contributed by atoms with van der Waals surface area (Å²) in [4.78, 5) is 36.1. The van der Waals surface area contributed by atoms with Crippen LogP contribution < -0.4 is 11.2 Å². The van der Waals surface area contributed by atoms with Gasteiger partial charge in [0.1, 0.15) is 19.1 Å². The van der Waals surface area contributed by atoms with E-state index in [0.717, 1.165) is 4.57 Å². The van der Waals surface area contributed by atoms with E-state index in [1.165, 1.54) is 16.8 Å².